The summed E-state index contributed by atoms with van der Waals surface area (Å²) in [7, 11) is 1.35. The van der Waals surface area contributed by atoms with E-state index in [1.54, 1.807) is 5.38 Å². The maximum atomic E-state index is 13.7. The molecule has 9 heteroatoms. The number of rotatable bonds is 6. The monoisotopic (exact) mass is 313 g/mol. The van der Waals surface area contributed by atoms with Crippen molar-refractivity contribution in [3.8, 4) is 5.75 Å². The van der Waals surface area contributed by atoms with Gasteiger partial charge in [0.25, 0.3) is 0 Å². The van der Waals surface area contributed by atoms with Gasteiger partial charge in [-0.1, -0.05) is 0 Å². The van der Waals surface area contributed by atoms with E-state index in [1.165, 1.54) is 24.5 Å². The first kappa shape index (κ1) is 15.1. The van der Waals surface area contributed by atoms with Crippen molar-refractivity contribution in [1.29, 1.82) is 0 Å². The van der Waals surface area contributed by atoms with Crippen LogP contribution >= 0.6 is 11.3 Å². The Hall–Kier alpha value is -2.26. The van der Waals surface area contributed by atoms with Crippen LogP contribution in [-0.2, 0) is 13.2 Å². The smallest absolute Gasteiger partial charge is 0.327 e. The first-order valence-electron chi connectivity index (χ1n) is 5.85. The molecule has 0 unspecified atom stereocenters. The summed E-state index contributed by atoms with van der Waals surface area (Å²) in [4.78, 5) is 14.2. The van der Waals surface area contributed by atoms with Crippen LogP contribution in [0.4, 0.5) is 15.8 Å². The van der Waals surface area contributed by atoms with E-state index in [0.29, 0.717) is 10.7 Å². The maximum absolute atomic E-state index is 13.7. The van der Waals surface area contributed by atoms with Crippen LogP contribution in [0.2, 0.25) is 0 Å². The normalized spacial score (nSPS) is 10.4. The second kappa shape index (κ2) is 6.46. The second-order valence-corrected chi connectivity index (χ2v) is 4.95. The molecular weight excluding hydrogens is 301 g/mol. The number of hydrogen-bond donors (Lipinski definition) is 2. The number of nitro groups is 1. The maximum Gasteiger partial charge on any atom is 0.327 e. The third-order valence-electron chi connectivity index (χ3n) is 2.65. The van der Waals surface area contributed by atoms with Crippen molar-refractivity contribution >= 4 is 22.7 Å². The van der Waals surface area contributed by atoms with Gasteiger partial charge in [-0.05, 0) is 0 Å². The van der Waals surface area contributed by atoms with E-state index >= 15 is 0 Å². The first-order chi connectivity index (χ1) is 10.0. The van der Waals surface area contributed by atoms with Gasteiger partial charge in [0.05, 0.1) is 30.9 Å². The molecule has 1 heterocycles. The van der Waals surface area contributed by atoms with E-state index in [0.717, 1.165) is 6.07 Å². The predicted octanol–water partition coefficient (Wildman–Crippen LogP) is 2.30. The number of aliphatic hydroxyl groups is 1. The highest BCUT2D eigenvalue weighted by Gasteiger charge is 2.22. The van der Waals surface area contributed by atoms with Crippen LogP contribution in [0, 0.1) is 15.9 Å². The number of nitro benzene ring substituents is 1. The molecule has 2 N–H and O–H groups in total. The van der Waals surface area contributed by atoms with Crippen LogP contribution in [0.25, 0.3) is 0 Å². The summed E-state index contributed by atoms with van der Waals surface area (Å²) in [6.45, 7) is 0.00253. The number of nitrogens with one attached hydrogen (secondary N) is 1. The number of aromatic nitrogens is 1. The fraction of sp³-hybridized carbons (Fsp3) is 0.250. The van der Waals surface area contributed by atoms with E-state index < -0.39 is 16.4 Å². The first-order valence-corrected chi connectivity index (χ1v) is 6.73. The summed E-state index contributed by atoms with van der Waals surface area (Å²) in [5, 5.41) is 24.9. The Labute approximate surface area is 123 Å². The molecule has 7 nitrogen and oxygen atoms in total. The Kier molecular flexibility index (Phi) is 4.66. The van der Waals surface area contributed by atoms with Crippen LogP contribution in [0.1, 0.15) is 10.7 Å². The summed E-state index contributed by atoms with van der Waals surface area (Å²) in [5.41, 5.74) is -0.115. The van der Waals surface area contributed by atoms with Gasteiger partial charge in [0.15, 0.2) is 0 Å². The molecule has 0 aliphatic rings. The van der Waals surface area contributed by atoms with Crippen LogP contribution < -0.4 is 10.1 Å². The number of thiazole rings is 1. The van der Waals surface area contributed by atoms with Crippen molar-refractivity contribution in [2.45, 2.75) is 13.2 Å². The zero-order chi connectivity index (χ0) is 15.4. The van der Waals surface area contributed by atoms with E-state index in [1.807, 2.05) is 0 Å². The molecule has 0 aliphatic heterocycles. The number of anilines is 1. The van der Waals surface area contributed by atoms with Gasteiger partial charge >= 0.3 is 5.69 Å². The number of nitrogens with zero attached hydrogens (tertiary/aromatic N) is 2. The van der Waals surface area contributed by atoms with Crippen LogP contribution in [0.5, 0.6) is 5.75 Å². The van der Waals surface area contributed by atoms with Crippen LogP contribution in [0.3, 0.4) is 0 Å². The third-order valence-corrected chi connectivity index (χ3v) is 3.54. The molecule has 0 radical (unpaired) electrons. The zero-order valence-corrected chi connectivity index (χ0v) is 11.8. The van der Waals surface area contributed by atoms with Crippen LogP contribution in [-0.4, -0.2) is 22.1 Å². The summed E-state index contributed by atoms with van der Waals surface area (Å²) >= 11 is 1.29. The predicted molar refractivity (Wildman–Crippen MR) is 75.0 cm³/mol. The number of halogens is 1. The van der Waals surface area contributed by atoms with E-state index in [2.05, 4.69) is 10.3 Å². The Morgan fingerprint density at radius 3 is 2.90 bits per heavy atom. The number of benzene rings is 1. The summed E-state index contributed by atoms with van der Waals surface area (Å²) in [5.74, 6) is -0.798. The highest BCUT2D eigenvalue weighted by atomic mass is 32.1. The van der Waals surface area contributed by atoms with Gasteiger partial charge < -0.3 is 15.2 Å². The quantitative estimate of drug-likeness (QED) is 0.627. The van der Waals surface area contributed by atoms with Crippen molar-refractivity contribution < 1.29 is 19.2 Å². The Bertz CT molecular complexity index is 662. The molecule has 1 aromatic heterocycles. The van der Waals surface area contributed by atoms with E-state index in [9.17, 15) is 14.5 Å². The topological polar surface area (TPSA) is 97.5 Å². The lowest BCUT2D eigenvalue weighted by Crippen LogP contribution is -2.05. The molecule has 0 saturated heterocycles. The SMILES string of the molecule is COc1cc(F)c([N+](=O)[O-])c(NCc2nc(CO)cs2)c1. The lowest BCUT2D eigenvalue weighted by Gasteiger charge is -2.08. The summed E-state index contributed by atoms with van der Waals surface area (Å²) < 4.78 is 18.6. The standard InChI is InChI=1S/C12H12FN3O4S/c1-20-8-2-9(13)12(16(18)19)10(3-8)14-4-11-15-7(5-17)6-21-11/h2-3,6,14,17H,4-5H2,1H3. The molecule has 0 aliphatic carbocycles. The average molecular weight is 313 g/mol. The Morgan fingerprint density at radius 2 is 2.33 bits per heavy atom. The zero-order valence-electron chi connectivity index (χ0n) is 11.0. The van der Waals surface area contributed by atoms with Gasteiger partial charge in [-0.15, -0.1) is 11.3 Å². The number of methoxy groups -OCH3 is 1. The molecule has 112 valence electrons. The Morgan fingerprint density at radius 1 is 1.57 bits per heavy atom. The second-order valence-electron chi connectivity index (χ2n) is 4.01. The number of aliphatic hydroxyl groups excluding tert-OH is 1. The number of ether oxygens (including phenoxy) is 1. The lowest BCUT2D eigenvalue weighted by atomic mass is 10.2. The van der Waals surface area contributed by atoms with Crippen molar-refractivity contribution in [2.75, 3.05) is 12.4 Å². The minimum Gasteiger partial charge on any atom is -0.497 e. The number of hydrogen-bond acceptors (Lipinski definition) is 7. The molecule has 0 atom stereocenters. The van der Waals surface area contributed by atoms with Gasteiger partial charge in [0.1, 0.15) is 16.4 Å². The lowest BCUT2D eigenvalue weighted by molar-refractivity contribution is -0.386. The highest BCUT2D eigenvalue weighted by molar-refractivity contribution is 7.09. The van der Waals surface area contributed by atoms with Crippen LogP contribution in [0.15, 0.2) is 17.5 Å². The van der Waals surface area contributed by atoms with Crippen molar-refractivity contribution in [3.63, 3.8) is 0 Å². The van der Waals surface area contributed by atoms with E-state index in [4.69, 9.17) is 9.84 Å². The van der Waals surface area contributed by atoms with Crippen molar-refractivity contribution in [3.05, 3.63) is 44.1 Å². The summed E-state index contributed by atoms with van der Waals surface area (Å²) in [6.07, 6.45) is 0. The average Bonchev–Trinajstić information content (AvgIpc) is 2.91. The molecule has 0 bridgehead atoms. The molecule has 0 fully saturated rings. The minimum absolute atomic E-state index is 0.0117. The fourth-order valence-corrected chi connectivity index (χ4v) is 2.41. The molecule has 0 saturated carbocycles. The van der Waals surface area contributed by atoms with Gasteiger partial charge in [-0.2, -0.15) is 4.39 Å². The molecule has 0 spiro atoms. The Balaban J connectivity index is 2.25. The molecule has 1 aromatic carbocycles. The van der Waals surface area contributed by atoms with Crippen molar-refractivity contribution in [2.24, 2.45) is 0 Å². The van der Waals surface area contributed by atoms with E-state index in [-0.39, 0.29) is 24.6 Å². The minimum atomic E-state index is -0.975. The van der Waals surface area contributed by atoms with Gasteiger partial charge in [-0.3, -0.25) is 10.1 Å². The summed E-state index contributed by atoms with van der Waals surface area (Å²) in [6, 6.07) is 2.30. The molecule has 2 rings (SSSR count). The molecule has 0 amide bonds. The largest absolute Gasteiger partial charge is 0.497 e. The van der Waals surface area contributed by atoms with Crippen molar-refractivity contribution in [1.82, 2.24) is 4.98 Å². The molecular formula is C12H12FN3O4S. The molecule has 21 heavy (non-hydrogen) atoms. The third kappa shape index (κ3) is 3.44. The van der Waals surface area contributed by atoms with Gasteiger partial charge in [0, 0.05) is 17.5 Å². The fourth-order valence-electron chi connectivity index (χ4n) is 1.69. The van der Waals surface area contributed by atoms with Gasteiger partial charge in [0.2, 0.25) is 5.82 Å². The molecule has 2 aromatic rings. The van der Waals surface area contributed by atoms with Gasteiger partial charge in [-0.25, -0.2) is 4.98 Å². The highest BCUT2D eigenvalue weighted by Crippen LogP contribution is 2.32.